The molecule has 1 fully saturated rings. The highest BCUT2D eigenvalue weighted by Gasteiger charge is 2.31. The van der Waals surface area contributed by atoms with Crippen LogP contribution in [0, 0.1) is 11.8 Å². The van der Waals surface area contributed by atoms with Crippen LogP contribution in [0.2, 0.25) is 0 Å². The van der Waals surface area contributed by atoms with Crippen molar-refractivity contribution in [2.24, 2.45) is 11.8 Å². The summed E-state index contributed by atoms with van der Waals surface area (Å²) < 4.78 is 5.35. The second-order valence-electron chi connectivity index (χ2n) is 9.38. The van der Waals surface area contributed by atoms with Gasteiger partial charge in [0.1, 0.15) is 5.75 Å². The number of hydrogen-bond donors (Lipinski definition) is 2. The van der Waals surface area contributed by atoms with Gasteiger partial charge in [-0.15, -0.1) is 0 Å². The lowest BCUT2D eigenvalue weighted by molar-refractivity contribution is -0.139. The summed E-state index contributed by atoms with van der Waals surface area (Å²) in [5.74, 6) is 0.334. The number of methoxy groups -OCH3 is 1. The fourth-order valence-electron chi connectivity index (χ4n) is 5.23. The molecule has 0 unspecified atom stereocenters. The molecule has 8 nitrogen and oxygen atoms in total. The Hall–Kier alpha value is -3.10. The van der Waals surface area contributed by atoms with E-state index in [0.29, 0.717) is 6.42 Å². The van der Waals surface area contributed by atoms with Gasteiger partial charge in [-0.1, -0.05) is 0 Å². The standard InChI is InChI=1S/C27H34N4O4/c1-35-22-5-6-25-24(16-22)23(8-10-30-25)26(32)7-4-19-9-14-31(18-20(19)15-27(33)34)13-2-3-21-17-28-11-12-29-21/h5-6,8,10-12,16-17,19-20,26,32H,2-4,7,9,13-15,18H2,1H3,(H,33,34)/t19-,20+,26-/m1/s1. The van der Waals surface area contributed by atoms with Crippen LogP contribution >= 0.6 is 0 Å². The molecular weight excluding hydrogens is 444 g/mol. The van der Waals surface area contributed by atoms with Gasteiger partial charge in [-0.3, -0.25) is 19.7 Å². The van der Waals surface area contributed by atoms with Crippen molar-refractivity contribution in [2.45, 2.75) is 44.6 Å². The van der Waals surface area contributed by atoms with Gasteiger partial charge >= 0.3 is 5.97 Å². The third-order valence-corrected chi connectivity index (χ3v) is 7.09. The number of aliphatic hydroxyl groups excluding tert-OH is 1. The molecule has 0 radical (unpaired) electrons. The first-order valence-electron chi connectivity index (χ1n) is 12.3. The fourth-order valence-corrected chi connectivity index (χ4v) is 5.23. The number of likely N-dealkylation sites (tertiary alicyclic amines) is 1. The number of aliphatic carboxylic acids is 1. The lowest BCUT2D eigenvalue weighted by Gasteiger charge is -2.38. The Morgan fingerprint density at radius 2 is 2.09 bits per heavy atom. The van der Waals surface area contributed by atoms with Crippen molar-refractivity contribution in [2.75, 3.05) is 26.7 Å². The molecule has 0 saturated carbocycles. The van der Waals surface area contributed by atoms with Gasteiger partial charge in [0.05, 0.1) is 24.4 Å². The summed E-state index contributed by atoms with van der Waals surface area (Å²) in [5, 5.41) is 21.5. The Balaban J connectivity index is 1.35. The van der Waals surface area contributed by atoms with E-state index in [9.17, 15) is 15.0 Å². The van der Waals surface area contributed by atoms with E-state index in [1.54, 1.807) is 31.9 Å². The van der Waals surface area contributed by atoms with Crippen molar-refractivity contribution in [1.29, 1.82) is 0 Å². The Kier molecular flexibility index (Phi) is 8.60. The zero-order valence-corrected chi connectivity index (χ0v) is 20.2. The van der Waals surface area contributed by atoms with Gasteiger partial charge in [-0.05, 0) is 86.9 Å². The molecule has 2 N–H and O–H groups in total. The third kappa shape index (κ3) is 6.74. The summed E-state index contributed by atoms with van der Waals surface area (Å²) in [7, 11) is 1.62. The first-order chi connectivity index (χ1) is 17.0. The molecule has 186 valence electrons. The van der Waals surface area contributed by atoms with Crippen molar-refractivity contribution >= 4 is 16.9 Å². The predicted octanol–water partition coefficient (Wildman–Crippen LogP) is 3.89. The van der Waals surface area contributed by atoms with Crippen LogP contribution < -0.4 is 4.74 Å². The number of aryl methyl sites for hydroxylation is 1. The molecule has 3 atom stereocenters. The minimum absolute atomic E-state index is 0.0826. The summed E-state index contributed by atoms with van der Waals surface area (Å²) in [4.78, 5) is 26.8. The molecule has 8 heteroatoms. The molecule has 0 spiro atoms. The number of carboxylic acids is 1. The SMILES string of the molecule is COc1ccc2nccc([C@H](O)CC[C@@H]3CCN(CCCc4cnccn4)C[C@@H]3CC(=O)O)c2c1. The van der Waals surface area contributed by atoms with E-state index in [1.807, 2.05) is 24.3 Å². The number of aromatic nitrogens is 3. The van der Waals surface area contributed by atoms with E-state index in [-0.39, 0.29) is 18.3 Å². The molecule has 0 aliphatic carbocycles. The lowest BCUT2D eigenvalue weighted by Crippen LogP contribution is -2.42. The number of rotatable bonds is 11. The maximum atomic E-state index is 11.6. The summed E-state index contributed by atoms with van der Waals surface area (Å²) >= 11 is 0. The number of benzene rings is 1. The second kappa shape index (κ2) is 12.0. The van der Waals surface area contributed by atoms with E-state index in [4.69, 9.17) is 4.74 Å². The average molecular weight is 479 g/mol. The maximum Gasteiger partial charge on any atom is 0.303 e. The highest BCUT2D eigenvalue weighted by molar-refractivity contribution is 5.83. The Labute approximate surface area is 206 Å². The number of pyridine rings is 1. The molecule has 35 heavy (non-hydrogen) atoms. The first kappa shape index (κ1) is 25.0. The minimum atomic E-state index is -0.755. The van der Waals surface area contributed by atoms with Gasteiger partial charge in [-0.2, -0.15) is 0 Å². The largest absolute Gasteiger partial charge is 0.497 e. The van der Waals surface area contributed by atoms with Crippen LogP contribution in [0.4, 0.5) is 0 Å². The lowest BCUT2D eigenvalue weighted by atomic mass is 9.79. The van der Waals surface area contributed by atoms with E-state index < -0.39 is 12.1 Å². The molecule has 4 rings (SSSR count). The van der Waals surface area contributed by atoms with Gasteiger partial charge in [0.25, 0.3) is 0 Å². The molecule has 0 amide bonds. The van der Waals surface area contributed by atoms with Crippen molar-refractivity contribution in [3.05, 3.63) is 60.3 Å². The summed E-state index contributed by atoms with van der Waals surface area (Å²) in [6, 6.07) is 7.53. The molecule has 0 bridgehead atoms. The number of piperidine rings is 1. The van der Waals surface area contributed by atoms with Crippen LogP contribution in [-0.2, 0) is 11.2 Å². The zero-order chi connectivity index (χ0) is 24.6. The zero-order valence-electron chi connectivity index (χ0n) is 20.2. The van der Waals surface area contributed by atoms with Crippen LogP contribution in [0.15, 0.2) is 49.1 Å². The van der Waals surface area contributed by atoms with E-state index in [0.717, 1.165) is 73.2 Å². The molecule has 1 aromatic carbocycles. The number of aliphatic hydroxyl groups is 1. The van der Waals surface area contributed by atoms with E-state index in [2.05, 4.69) is 19.9 Å². The Morgan fingerprint density at radius 1 is 1.20 bits per heavy atom. The fraction of sp³-hybridized carbons (Fsp3) is 0.481. The quantitative estimate of drug-likeness (QED) is 0.427. The average Bonchev–Trinajstić information content (AvgIpc) is 2.87. The van der Waals surface area contributed by atoms with Gasteiger partial charge in [0.15, 0.2) is 0 Å². The predicted molar refractivity (Wildman–Crippen MR) is 133 cm³/mol. The minimum Gasteiger partial charge on any atom is -0.497 e. The maximum absolute atomic E-state index is 11.6. The van der Waals surface area contributed by atoms with Crippen LogP contribution in [0.25, 0.3) is 10.9 Å². The highest BCUT2D eigenvalue weighted by atomic mass is 16.5. The second-order valence-corrected chi connectivity index (χ2v) is 9.38. The molecule has 3 heterocycles. The van der Waals surface area contributed by atoms with Crippen molar-refractivity contribution < 1.29 is 19.7 Å². The van der Waals surface area contributed by atoms with Crippen molar-refractivity contribution in [3.63, 3.8) is 0 Å². The topological polar surface area (TPSA) is 109 Å². The molecule has 1 aliphatic heterocycles. The number of fused-ring (bicyclic) bond motifs is 1. The smallest absolute Gasteiger partial charge is 0.303 e. The van der Waals surface area contributed by atoms with Crippen LogP contribution in [0.5, 0.6) is 5.75 Å². The highest BCUT2D eigenvalue weighted by Crippen LogP contribution is 2.34. The number of nitrogens with zero attached hydrogens (tertiary/aromatic N) is 4. The van der Waals surface area contributed by atoms with Gasteiger partial charge in [0.2, 0.25) is 0 Å². The molecular formula is C27H34N4O4. The Morgan fingerprint density at radius 3 is 2.86 bits per heavy atom. The summed E-state index contributed by atoms with van der Waals surface area (Å²) in [6.45, 7) is 2.66. The molecule has 3 aromatic rings. The Bertz CT molecular complexity index is 1110. The van der Waals surface area contributed by atoms with Crippen LogP contribution in [-0.4, -0.2) is 62.8 Å². The molecule has 1 aliphatic rings. The normalized spacial score (nSPS) is 19.5. The third-order valence-electron chi connectivity index (χ3n) is 7.09. The number of hydrogen-bond acceptors (Lipinski definition) is 7. The molecule has 1 saturated heterocycles. The molecule has 2 aromatic heterocycles. The van der Waals surface area contributed by atoms with Crippen LogP contribution in [0.1, 0.15) is 49.5 Å². The number of carbonyl (C=O) groups is 1. The van der Waals surface area contributed by atoms with E-state index >= 15 is 0 Å². The van der Waals surface area contributed by atoms with Gasteiger partial charge in [0, 0.05) is 43.1 Å². The van der Waals surface area contributed by atoms with Crippen molar-refractivity contribution in [3.8, 4) is 5.75 Å². The summed E-state index contributed by atoms with van der Waals surface area (Å²) in [5.41, 5.74) is 2.64. The van der Waals surface area contributed by atoms with Gasteiger partial charge in [-0.25, -0.2) is 0 Å². The van der Waals surface area contributed by atoms with Gasteiger partial charge < -0.3 is 19.8 Å². The number of ether oxygens (including phenoxy) is 1. The summed E-state index contributed by atoms with van der Waals surface area (Å²) in [6.07, 6.45) is 10.6. The van der Waals surface area contributed by atoms with Crippen LogP contribution in [0.3, 0.4) is 0 Å². The monoisotopic (exact) mass is 478 g/mol. The van der Waals surface area contributed by atoms with E-state index in [1.165, 1.54) is 0 Å². The van der Waals surface area contributed by atoms with Crippen molar-refractivity contribution in [1.82, 2.24) is 19.9 Å². The number of carboxylic acid groups (broad SMARTS) is 1. The first-order valence-corrected chi connectivity index (χ1v) is 12.3.